The SMILES string of the molecule is Cc1cn(-c2ccc(C(C)C)cc2)c(N)n1. The maximum atomic E-state index is 5.82. The van der Waals surface area contributed by atoms with Crippen molar-refractivity contribution in [2.75, 3.05) is 5.73 Å². The molecule has 0 aliphatic heterocycles. The highest BCUT2D eigenvalue weighted by molar-refractivity contribution is 5.42. The van der Waals surface area contributed by atoms with Crippen LogP contribution in [0.25, 0.3) is 5.69 Å². The van der Waals surface area contributed by atoms with Crippen LogP contribution in [0.3, 0.4) is 0 Å². The van der Waals surface area contributed by atoms with Crippen LogP contribution in [-0.2, 0) is 0 Å². The highest BCUT2D eigenvalue weighted by atomic mass is 15.1. The minimum atomic E-state index is 0.537. The quantitative estimate of drug-likeness (QED) is 0.837. The molecule has 2 rings (SSSR count). The van der Waals surface area contributed by atoms with E-state index in [1.54, 1.807) is 0 Å². The summed E-state index contributed by atoms with van der Waals surface area (Å²) in [5, 5.41) is 0. The lowest BCUT2D eigenvalue weighted by atomic mass is 10.0. The summed E-state index contributed by atoms with van der Waals surface area (Å²) in [6.45, 7) is 6.31. The second-order valence-electron chi connectivity index (χ2n) is 4.36. The molecule has 16 heavy (non-hydrogen) atoms. The lowest BCUT2D eigenvalue weighted by molar-refractivity contribution is 0.865. The van der Waals surface area contributed by atoms with Gasteiger partial charge in [-0.2, -0.15) is 0 Å². The van der Waals surface area contributed by atoms with Crippen LogP contribution in [0.1, 0.15) is 31.0 Å². The van der Waals surface area contributed by atoms with Gasteiger partial charge in [0.05, 0.1) is 5.69 Å². The Kier molecular flexibility index (Phi) is 2.69. The molecule has 2 aromatic rings. The molecular weight excluding hydrogens is 198 g/mol. The van der Waals surface area contributed by atoms with Gasteiger partial charge >= 0.3 is 0 Å². The number of benzene rings is 1. The van der Waals surface area contributed by atoms with Crippen LogP contribution >= 0.6 is 0 Å². The van der Waals surface area contributed by atoms with Gasteiger partial charge in [-0.1, -0.05) is 26.0 Å². The Morgan fingerprint density at radius 1 is 1.19 bits per heavy atom. The zero-order valence-electron chi connectivity index (χ0n) is 9.94. The first-order valence-electron chi connectivity index (χ1n) is 5.49. The summed E-state index contributed by atoms with van der Waals surface area (Å²) in [7, 11) is 0. The van der Waals surface area contributed by atoms with E-state index in [1.165, 1.54) is 5.56 Å². The minimum Gasteiger partial charge on any atom is -0.369 e. The van der Waals surface area contributed by atoms with Gasteiger partial charge in [-0.15, -0.1) is 0 Å². The molecular formula is C13H17N3. The van der Waals surface area contributed by atoms with Gasteiger partial charge in [0.1, 0.15) is 0 Å². The number of nitrogens with two attached hydrogens (primary N) is 1. The first-order chi connectivity index (χ1) is 7.58. The lowest BCUT2D eigenvalue weighted by Gasteiger charge is -2.08. The van der Waals surface area contributed by atoms with Crippen LogP contribution in [0.15, 0.2) is 30.5 Å². The van der Waals surface area contributed by atoms with Gasteiger partial charge in [0.2, 0.25) is 5.95 Å². The van der Waals surface area contributed by atoms with Crippen molar-refractivity contribution < 1.29 is 0 Å². The van der Waals surface area contributed by atoms with E-state index in [0.29, 0.717) is 11.9 Å². The monoisotopic (exact) mass is 215 g/mol. The summed E-state index contributed by atoms with van der Waals surface area (Å²) < 4.78 is 1.90. The maximum absolute atomic E-state index is 5.82. The third-order valence-corrected chi connectivity index (χ3v) is 2.69. The van der Waals surface area contributed by atoms with Crippen molar-refractivity contribution in [3.05, 3.63) is 41.7 Å². The maximum Gasteiger partial charge on any atom is 0.205 e. The number of aryl methyl sites for hydroxylation is 1. The molecule has 0 fully saturated rings. The summed E-state index contributed by atoms with van der Waals surface area (Å²) in [5.74, 6) is 1.09. The minimum absolute atomic E-state index is 0.537. The van der Waals surface area contributed by atoms with E-state index >= 15 is 0 Å². The van der Waals surface area contributed by atoms with Crippen molar-refractivity contribution in [3.8, 4) is 5.69 Å². The number of rotatable bonds is 2. The van der Waals surface area contributed by atoms with Gasteiger partial charge in [-0.25, -0.2) is 4.98 Å². The molecule has 0 unspecified atom stereocenters. The zero-order chi connectivity index (χ0) is 11.7. The number of imidazole rings is 1. The molecule has 0 saturated carbocycles. The standard InChI is InChI=1S/C13H17N3/c1-9(2)11-4-6-12(7-5-11)16-8-10(3)15-13(16)14/h4-9H,1-3H3,(H2,14,15). The molecule has 0 aliphatic rings. The Balaban J connectivity index is 2.38. The van der Waals surface area contributed by atoms with Crippen LogP contribution in [0.2, 0.25) is 0 Å². The lowest BCUT2D eigenvalue weighted by Crippen LogP contribution is -1.99. The fraction of sp³-hybridized carbons (Fsp3) is 0.308. The number of anilines is 1. The Labute approximate surface area is 95.9 Å². The zero-order valence-corrected chi connectivity index (χ0v) is 9.94. The van der Waals surface area contributed by atoms with Crippen LogP contribution < -0.4 is 5.73 Å². The second kappa shape index (κ2) is 4.00. The number of hydrogen-bond donors (Lipinski definition) is 1. The number of hydrogen-bond acceptors (Lipinski definition) is 2. The Hall–Kier alpha value is -1.77. The Bertz CT molecular complexity index is 480. The van der Waals surface area contributed by atoms with Crippen molar-refractivity contribution in [3.63, 3.8) is 0 Å². The molecule has 0 saturated heterocycles. The van der Waals surface area contributed by atoms with Gasteiger partial charge in [0, 0.05) is 11.9 Å². The molecule has 0 atom stereocenters. The molecule has 0 aliphatic carbocycles. The summed E-state index contributed by atoms with van der Waals surface area (Å²) >= 11 is 0. The predicted octanol–water partition coefficient (Wildman–Crippen LogP) is 2.89. The van der Waals surface area contributed by atoms with Gasteiger partial charge in [-0.3, -0.25) is 4.57 Å². The van der Waals surface area contributed by atoms with E-state index < -0.39 is 0 Å². The highest BCUT2D eigenvalue weighted by Crippen LogP contribution is 2.18. The van der Waals surface area contributed by atoms with Crippen LogP contribution in [0, 0.1) is 6.92 Å². The van der Waals surface area contributed by atoms with Gasteiger partial charge in [0.15, 0.2) is 0 Å². The van der Waals surface area contributed by atoms with Gasteiger partial charge in [-0.05, 0) is 30.5 Å². The molecule has 2 N–H and O–H groups in total. The van der Waals surface area contributed by atoms with E-state index in [0.717, 1.165) is 11.4 Å². The van der Waals surface area contributed by atoms with Crippen molar-refractivity contribution >= 4 is 5.95 Å². The average Bonchev–Trinajstić information content (AvgIpc) is 2.58. The average molecular weight is 215 g/mol. The highest BCUT2D eigenvalue weighted by Gasteiger charge is 2.04. The second-order valence-corrected chi connectivity index (χ2v) is 4.36. The smallest absolute Gasteiger partial charge is 0.205 e. The van der Waals surface area contributed by atoms with E-state index in [9.17, 15) is 0 Å². The molecule has 1 heterocycles. The molecule has 0 bridgehead atoms. The summed E-state index contributed by atoms with van der Waals surface area (Å²) in [4.78, 5) is 4.19. The molecule has 1 aromatic carbocycles. The van der Waals surface area contributed by atoms with Crippen molar-refractivity contribution in [2.45, 2.75) is 26.7 Å². The van der Waals surface area contributed by atoms with E-state index in [-0.39, 0.29) is 0 Å². The normalized spacial score (nSPS) is 11.0. The molecule has 3 nitrogen and oxygen atoms in total. The van der Waals surface area contributed by atoms with E-state index in [1.807, 2.05) is 17.7 Å². The van der Waals surface area contributed by atoms with E-state index in [4.69, 9.17) is 5.73 Å². The van der Waals surface area contributed by atoms with Crippen LogP contribution in [0.4, 0.5) is 5.95 Å². The predicted molar refractivity (Wildman–Crippen MR) is 66.8 cm³/mol. The molecule has 3 heteroatoms. The largest absolute Gasteiger partial charge is 0.369 e. The van der Waals surface area contributed by atoms with Crippen molar-refractivity contribution in [1.82, 2.24) is 9.55 Å². The van der Waals surface area contributed by atoms with Crippen molar-refractivity contribution in [1.29, 1.82) is 0 Å². The van der Waals surface area contributed by atoms with Crippen LogP contribution in [-0.4, -0.2) is 9.55 Å². The van der Waals surface area contributed by atoms with Crippen molar-refractivity contribution in [2.24, 2.45) is 0 Å². The first-order valence-corrected chi connectivity index (χ1v) is 5.49. The topological polar surface area (TPSA) is 43.8 Å². The molecule has 0 amide bonds. The first kappa shape index (κ1) is 10.7. The number of nitrogen functional groups attached to an aromatic ring is 1. The number of nitrogens with zero attached hydrogens (tertiary/aromatic N) is 2. The molecule has 84 valence electrons. The van der Waals surface area contributed by atoms with Gasteiger partial charge < -0.3 is 5.73 Å². The third kappa shape index (κ3) is 1.94. The van der Waals surface area contributed by atoms with Crippen LogP contribution in [0.5, 0.6) is 0 Å². The Morgan fingerprint density at radius 2 is 1.81 bits per heavy atom. The summed E-state index contributed by atoms with van der Waals surface area (Å²) in [6, 6.07) is 8.42. The molecule has 0 spiro atoms. The summed E-state index contributed by atoms with van der Waals surface area (Å²) in [6.07, 6.45) is 1.94. The van der Waals surface area contributed by atoms with E-state index in [2.05, 4.69) is 43.1 Å². The number of aromatic nitrogens is 2. The molecule has 0 radical (unpaired) electrons. The molecule has 1 aromatic heterocycles. The fourth-order valence-electron chi connectivity index (χ4n) is 1.74. The van der Waals surface area contributed by atoms with Gasteiger partial charge in [0.25, 0.3) is 0 Å². The Morgan fingerprint density at radius 3 is 2.25 bits per heavy atom. The fourth-order valence-corrected chi connectivity index (χ4v) is 1.74. The third-order valence-electron chi connectivity index (χ3n) is 2.69. The summed E-state index contributed by atoms with van der Waals surface area (Å²) in [5.41, 5.74) is 9.15.